The van der Waals surface area contributed by atoms with Crippen LogP contribution in [0, 0.1) is 0 Å². The van der Waals surface area contributed by atoms with E-state index < -0.39 is 0 Å². The third-order valence-electron chi connectivity index (χ3n) is 1.50. The van der Waals surface area contributed by atoms with Crippen LogP contribution in [0.2, 0.25) is 0 Å². The Morgan fingerprint density at radius 1 is 1.44 bits per heavy atom. The highest BCUT2D eigenvalue weighted by atomic mass is 16.3. The van der Waals surface area contributed by atoms with Gasteiger partial charge in [0.2, 0.25) is 0 Å². The Morgan fingerprint density at radius 2 is 1.89 bits per heavy atom. The van der Waals surface area contributed by atoms with Crippen LogP contribution in [-0.2, 0) is 9.90 Å². The van der Waals surface area contributed by atoms with Crippen LogP contribution in [0.4, 0.5) is 0 Å². The Hall–Kier alpha value is -0.410. The average molecular weight is 131 g/mol. The molecule has 1 radical (unpaired) electrons. The Labute approximate surface area is 55.5 Å². The summed E-state index contributed by atoms with van der Waals surface area (Å²) >= 11 is 0. The zero-order valence-corrected chi connectivity index (χ0v) is 6.18. The number of hydrogen-bond donors (Lipinski definition) is 0. The van der Waals surface area contributed by atoms with Gasteiger partial charge in [0.05, 0.1) is 21.0 Å². The number of carbonyl (C=O) groups excluding carboxylic acids is 1. The molecule has 0 rings (SSSR count). The summed E-state index contributed by atoms with van der Waals surface area (Å²) in [6.07, 6.45) is 0. The van der Waals surface area contributed by atoms with Crippen molar-refractivity contribution in [2.45, 2.75) is 6.92 Å². The molecule has 0 bridgehead atoms. The number of carbonyl (C=O) groups is 1. The maximum atomic E-state index is 10.7. The number of hydrogen-bond acceptors (Lipinski definition) is 1. The summed E-state index contributed by atoms with van der Waals surface area (Å²) in [4.78, 5) is 10.7. The normalized spacial score (nSPS) is 11.6. The SMILES string of the molecule is CC(=O)[N+](C)(C)CC[O]. The quantitative estimate of drug-likeness (QED) is 0.487. The first-order chi connectivity index (χ1) is 4.00. The van der Waals surface area contributed by atoms with Crippen LogP contribution < -0.4 is 0 Å². The Balaban J connectivity index is 3.85. The smallest absolute Gasteiger partial charge is 0.264 e. The minimum atomic E-state index is -0.188. The van der Waals surface area contributed by atoms with E-state index in [2.05, 4.69) is 0 Å². The number of quaternary nitrogens is 1. The molecule has 0 saturated heterocycles. The molecule has 3 heteroatoms. The van der Waals surface area contributed by atoms with Crippen molar-refractivity contribution in [1.29, 1.82) is 0 Å². The van der Waals surface area contributed by atoms with E-state index in [0.717, 1.165) is 0 Å². The Bertz CT molecular complexity index is 110. The van der Waals surface area contributed by atoms with Crippen molar-refractivity contribution in [2.75, 3.05) is 27.2 Å². The highest BCUT2D eigenvalue weighted by Crippen LogP contribution is 1.95. The Kier molecular flexibility index (Phi) is 2.81. The molecular weight excluding hydrogens is 118 g/mol. The van der Waals surface area contributed by atoms with Crippen LogP contribution in [0.1, 0.15) is 6.92 Å². The highest BCUT2D eigenvalue weighted by Gasteiger charge is 2.19. The van der Waals surface area contributed by atoms with Crippen molar-refractivity contribution < 1.29 is 14.4 Å². The van der Waals surface area contributed by atoms with Crippen molar-refractivity contribution in [2.24, 2.45) is 0 Å². The summed E-state index contributed by atoms with van der Waals surface area (Å²) in [5, 5.41) is 10.1. The van der Waals surface area contributed by atoms with Gasteiger partial charge in [-0.05, 0) is 0 Å². The first-order valence-electron chi connectivity index (χ1n) is 2.93. The van der Waals surface area contributed by atoms with E-state index in [9.17, 15) is 9.90 Å². The van der Waals surface area contributed by atoms with Crippen LogP contribution in [-0.4, -0.2) is 37.6 Å². The van der Waals surface area contributed by atoms with Crippen molar-refractivity contribution in [1.82, 2.24) is 0 Å². The van der Waals surface area contributed by atoms with Crippen LogP contribution in [0.3, 0.4) is 0 Å². The van der Waals surface area contributed by atoms with Crippen molar-refractivity contribution in [3.05, 3.63) is 0 Å². The second kappa shape index (κ2) is 2.94. The summed E-state index contributed by atoms with van der Waals surface area (Å²) in [6, 6.07) is 0. The van der Waals surface area contributed by atoms with Gasteiger partial charge in [-0.15, -0.1) is 0 Å². The molecule has 0 fully saturated rings. The molecule has 0 heterocycles. The Morgan fingerprint density at radius 3 is 2.00 bits per heavy atom. The van der Waals surface area contributed by atoms with Crippen molar-refractivity contribution in [3.8, 4) is 0 Å². The fourth-order valence-corrected chi connectivity index (χ4v) is 0.386. The second-order valence-electron chi connectivity index (χ2n) is 2.63. The highest BCUT2D eigenvalue weighted by molar-refractivity contribution is 5.65. The number of amides is 1. The van der Waals surface area contributed by atoms with Crippen molar-refractivity contribution >= 4 is 5.91 Å². The number of nitrogens with zero attached hydrogens (tertiary/aromatic N) is 1. The lowest BCUT2D eigenvalue weighted by molar-refractivity contribution is -0.814. The molecule has 53 valence electrons. The fourth-order valence-electron chi connectivity index (χ4n) is 0.386. The van der Waals surface area contributed by atoms with Crippen LogP contribution in [0.25, 0.3) is 0 Å². The average Bonchev–Trinajstić information content (AvgIpc) is 1.65. The maximum absolute atomic E-state index is 10.7. The lowest BCUT2D eigenvalue weighted by Crippen LogP contribution is -2.45. The largest absolute Gasteiger partial charge is 0.310 e. The van der Waals surface area contributed by atoms with Gasteiger partial charge in [0.15, 0.2) is 0 Å². The van der Waals surface area contributed by atoms with Crippen LogP contribution in [0.15, 0.2) is 0 Å². The first-order valence-corrected chi connectivity index (χ1v) is 2.93. The van der Waals surface area contributed by atoms with Gasteiger partial charge in [0.1, 0.15) is 13.2 Å². The summed E-state index contributed by atoms with van der Waals surface area (Å²) in [5.41, 5.74) is 0. The molecule has 3 nitrogen and oxygen atoms in total. The van der Waals surface area contributed by atoms with Gasteiger partial charge in [-0.3, -0.25) is 4.48 Å². The molecule has 1 amide bonds. The van der Waals surface area contributed by atoms with Crippen LogP contribution >= 0.6 is 0 Å². The van der Waals surface area contributed by atoms with E-state index in [1.807, 2.05) is 0 Å². The molecule has 0 aliphatic rings. The minimum Gasteiger partial charge on any atom is -0.264 e. The zero-order valence-electron chi connectivity index (χ0n) is 6.18. The van der Waals surface area contributed by atoms with E-state index in [1.165, 1.54) is 6.92 Å². The number of rotatable bonds is 2. The molecule has 0 unspecified atom stereocenters. The molecule has 0 spiro atoms. The molecule has 0 aromatic carbocycles. The summed E-state index contributed by atoms with van der Waals surface area (Å²) in [5.74, 6) is 0.0332. The summed E-state index contributed by atoms with van der Waals surface area (Å²) in [6.45, 7) is 1.69. The predicted molar refractivity (Wildman–Crippen MR) is 33.2 cm³/mol. The van der Waals surface area contributed by atoms with E-state index in [-0.39, 0.29) is 17.0 Å². The lowest BCUT2D eigenvalue weighted by Gasteiger charge is -2.23. The van der Waals surface area contributed by atoms with Gasteiger partial charge in [0, 0.05) is 0 Å². The minimum absolute atomic E-state index is 0.0332. The third-order valence-corrected chi connectivity index (χ3v) is 1.50. The molecule has 9 heavy (non-hydrogen) atoms. The molecule has 0 aliphatic heterocycles. The lowest BCUT2D eigenvalue weighted by atomic mass is 10.4. The van der Waals surface area contributed by atoms with Gasteiger partial charge in [0.25, 0.3) is 0 Å². The summed E-state index contributed by atoms with van der Waals surface area (Å²) < 4.78 is 0.198. The molecule has 0 N–H and O–H groups in total. The second-order valence-corrected chi connectivity index (χ2v) is 2.63. The molecule has 0 aromatic rings. The predicted octanol–water partition coefficient (Wildman–Crippen LogP) is 0.0398. The van der Waals surface area contributed by atoms with Crippen LogP contribution in [0.5, 0.6) is 0 Å². The first kappa shape index (κ1) is 8.59. The molecular formula is C6H13NO2+. The van der Waals surface area contributed by atoms with Gasteiger partial charge in [-0.1, -0.05) is 0 Å². The molecule has 0 saturated carbocycles. The molecule has 0 aliphatic carbocycles. The maximum Gasteiger partial charge on any atom is 0.310 e. The van der Waals surface area contributed by atoms with E-state index in [4.69, 9.17) is 0 Å². The monoisotopic (exact) mass is 131 g/mol. The topological polar surface area (TPSA) is 37.0 Å². The standard InChI is InChI=1S/C6H13NO2/c1-6(9)7(2,3)4-5-8/h4-5H2,1-3H3/q+1. The van der Waals surface area contributed by atoms with Gasteiger partial charge in [-0.2, -0.15) is 0 Å². The van der Waals surface area contributed by atoms with Gasteiger partial charge in [-0.25, -0.2) is 9.90 Å². The van der Waals surface area contributed by atoms with Gasteiger partial charge < -0.3 is 0 Å². The number of likely N-dealkylation sites (N-methyl/N-ethyl adjacent to an activating group) is 1. The molecule has 0 aromatic heterocycles. The summed E-state index contributed by atoms with van der Waals surface area (Å²) in [7, 11) is 3.47. The molecule has 0 atom stereocenters. The van der Waals surface area contributed by atoms with Gasteiger partial charge >= 0.3 is 5.91 Å². The third kappa shape index (κ3) is 2.58. The van der Waals surface area contributed by atoms with Crippen molar-refractivity contribution in [3.63, 3.8) is 0 Å². The van der Waals surface area contributed by atoms with E-state index in [1.54, 1.807) is 14.1 Å². The van der Waals surface area contributed by atoms with E-state index >= 15 is 0 Å². The fraction of sp³-hybridized carbons (Fsp3) is 0.833. The zero-order chi connectivity index (χ0) is 7.49. The van der Waals surface area contributed by atoms with E-state index in [0.29, 0.717) is 6.54 Å².